The molecular formula is C12H26N2. The van der Waals surface area contributed by atoms with Crippen LogP contribution in [0.25, 0.3) is 0 Å². The van der Waals surface area contributed by atoms with Crippen LogP contribution in [0.1, 0.15) is 46.0 Å². The fourth-order valence-electron chi connectivity index (χ4n) is 2.31. The standard InChI is InChI=1S/C12H26N2/c1-3-10-14(4-2)11-6-8-12-7-5-9-13-12/h12-13H,3-11H2,1-2H3. The summed E-state index contributed by atoms with van der Waals surface area (Å²) < 4.78 is 0. The Balaban J connectivity index is 2.00. The Morgan fingerprint density at radius 1 is 1.29 bits per heavy atom. The average molecular weight is 198 g/mol. The number of hydrogen-bond acceptors (Lipinski definition) is 2. The van der Waals surface area contributed by atoms with E-state index < -0.39 is 0 Å². The molecule has 1 rings (SSSR count). The third kappa shape index (κ3) is 4.43. The fraction of sp³-hybridized carbons (Fsp3) is 1.00. The van der Waals surface area contributed by atoms with E-state index in [4.69, 9.17) is 0 Å². The van der Waals surface area contributed by atoms with Crippen molar-refractivity contribution in [1.29, 1.82) is 0 Å². The van der Waals surface area contributed by atoms with Crippen molar-refractivity contribution in [3.63, 3.8) is 0 Å². The SMILES string of the molecule is CCCN(CC)CCCC1CCCN1. The van der Waals surface area contributed by atoms with Gasteiger partial charge in [-0.1, -0.05) is 13.8 Å². The van der Waals surface area contributed by atoms with Crippen molar-refractivity contribution in [2.24, 2.45) is 0 Å². The molecule has 1 aliphatic rings. The van der Waals surface area contributed by atoms with E-state index in [9.17, 15) is 0 Å². The third-order valence-corrected chi connectivity index (χ3v) is 3.18. The van der Waals surface area contributed by atoms with Gasteiger partial charge >= 0.3 is 0 Å². The van der Waals surface area contributed by atoms with Crippen molar-refractivity contribution in [1.82, 2.24) is 10.2 Å². The number of hydrogen-bond donors (Lipinski definition) is 1. The van der Waals surface area contributed by atoms with Gasteiger partial charge in [-0.25, -0.2) is 0 Å². The summed E-state index contributed by atoms with van der Waals surface area (Å²) in [5, 5.41) is 3.56. The predicted octanol–water partition coefficient (Wildman–Crippen LogP) is 2.25. The van der Waals surface area contributed by atoms with Crippen LogP contribution >= 0.6 is 0 Å². The number of nitrogens with one attached hydrogen (secondary N) is 1. The van der Waals surface area contributed by atoms with E-state index in [1.807, 2.05) is 0 Å². The Kier molecular flexibility index (Phi) is 6.20. The van der Waals surface area contributed by atoms with Crippen molar-refractivity contribution in [2.75, 3.05) is 26.2 Å². The summed E-state index contributed by atoms with van der Waals surface area (Å²) in [7, 11) is 0. The minimum atomic E-state index is 0.829. The van der Waals surface area contributed by atoms with Gasteiger partial charge in [-0.15, -0.1) is 0 Å². The molecule has 1 atom stereocenters. The molecule has 1 saturated heterocycles. The topological polar surface area (TPSA) is 15.3 Å². The average Bonchev–Trinajstić information content (AvgIpc) is 2.69. The molecule has 1 N–H and O–H groups in total. The van der Waals surface area contributed by atoms with Crippen LogP contribution in [0.15, 0.2) is 0 Å². The van der Waals surface area contributed by atoms with Gasteiger partial charge < -0.3 is 10.2 Å². The Labute approximate surface area is 89.1 Å². The summed E-state index contributed by atoms with van der Waals surface area (Å²) in [6.45, 7) is 9.56. The lowest BCUT2D eigenvalue weighted by Crippen LogP contribution is -2.27. The maximum absolute atomic E-state index is 3.56. The van der Waals surface area contributed by atoms with E-state index >= 15 is 0 Å². The van der Waals surface area contributed by atoms with Crippen LogP contribution < -0.4 is 5.32 Å². The van der Waals surface area contributed by atoms with Gasteiger partial charge in [0.25, 0.3) is 0 Å². The summed E-state index contributed by atoms with van der Waals surface area (Å²) in [5.74, 6) is 0. The van der Waals surface area contributed by atoms with E-state index in [1.54, 1.807) is 0 Å². The van der Waals surface area contributed by atoms with Gasteiger partial charge in [0.15, 0.2) is 0 Å². The predicted molar refractivity (Wildman–Crippen MR) is 62.7 cm³/mol. The van der Waals surface area contributed by atoms with Gasteiger partial charge in [-0.3, -0.25) is 0 Å². The molecule has 0 amide bonds. The first-order chi connectivity index (χ1) is 6.86. The van der Waals surface area contributed by atoms with Crippen molar-refractivity contribution in [2.45, 2.75) is 52.0 Å². The molecule has 0 radical (unpaired) electrons. The summed E-state index contributed by atoms with van der Waals surface area (Å²) in [6.07, 6.45) is 6.82. The minimum Gasteiger partial charge on any atom is -0.314 e. The largest absolute Gasteiger partial charge is 0.314 e. The molecule has 84 valence electrons. The van der Waals surface area contributed by atoms with Crippen LogP contribution in [0.4, 0.5) is 0 Å². The maximum Gasteiger partial charge on any atom is 0.00680 e. The molecule has 0 spiro atoms. The second kappa shape index (κ2) is 7.24. The summed E-state index contributed by atoms with van der Waals surface area (Å²) in [6, 6.07) is 0.829. The van der Waals surface area contributed by atoms with Crippen LogP contribution in [-0.2, 0) is 0 Å². The molecule has 1 heterocycles. The lowest BCUT2D eigenvalue weighted by Gasteiger charge is -2.20. The van der Waals surface area contributed by atoms with Crippen LogP contribution in [0, 0.1) is 0 Å². The first kappa shape index (κ1) is 12.0. The Bertz CT molecular complexity index is 130. The van der Waals surface area contributed by atoms with Gasteiger partial charge in [0.05, 0.1) is 0 Å². The molecule has 0 aromatic carbocycles. The summed E-state index contributed by atoms with van der Waals surface area (Å²) in [5.41, 5.74) is 0. The first-order valence-corrected chi connectivity index (χ1v) is 6.32. The van der Waals surface area contributed by atoms with Gasteiger partial charge in [-0.2, -0.15) is 0 Å². The molecule has 1 fully saturated rings. The van der Waals surface area contributed by atoms with Gasteiger partial charge in [0.2, 0.25) is 0 Å². The Morgan fingerprint density at radius 3 is 2.71 bits per heavy atom. The van der Waals surface area contributed by atoms with Gasteiger partial charge in [0, 0.05) is 6.04 Å². The Hall–Kier alpha value is -0.0800. The third-order valence-electron chi connectivity index (χ3n) is 3.18. The molecule has 0 saturated carbocycles. The molecule has 14 heavy (non-hydrogen) atoms. The summed E-state index contributed by atoms with van der Waals surface area (Å²) in [4.78, 5) is 2.56. The number of nitrogens with zero attached hydrogens (tertiary/aromatic N) is 1. The molecule has 0 aromatic heterocycles. The zero-order chi connectivity index (χ0) is 10.2. The van der Waals surface area contributed by atoms with Crippen LogP contribution in [0.5, 0.6) is 0 Å². The highest BCUT2D eigenvalue weighted by molar-refractivity contribution is 4.74. The quantitative estimate of drug-likeness (QED) is 0.675. The second-order valence-electron chi connectivity index (χ2n) is 4.37. The molecule has 1 unspecified atom stereocenters. The van der Waals surface area contributed by atoms with Crippen molar-refractivity contribution in [3.8, 4) is 0 Å². The molecular weight excluding hydrogens is 172 g/mol. The van der Waals surface area contributed by atoms with E-state index in [0.29, 0.717) is 0 Å². The van der Waals surface area contributed by atoms with Crippen molar-refractivity contribution in [3.05, 3.63) is 0 Å². The zero-order valence-electron chi connectivity index (χ0n) is 9.89. The van der Waals surface area contributed by atoms with Crippen LogP contribution in [0.2, 0.25) is 0 Å². The van der Waals surface area contributed by atoms with E-state index in [2.05, 4.69) is 24.1 Å². The van der Waals surface area contributed by atoms with Gasteiger partial charge in [0.1, 0.15) is 0 Å². The molecule has 2 heteroatoms. The highest BCUT2D eigenvalue weighted by atomic mass is 15.1. The number of rotatable bonds is 7. The minimum absolute atomic E-state index is 0.829. The first-order valence-electron chi connectivity index (χ1n) is 6.32. The van der Waals surface area contributed by atoms with Crippen molar-refractivity contribution < 1.29 is 0 Å². The monoisotopic (exact) mass is 198 g/mol. The second-order valence-corrected chi connectivity index (χ2v) is 4.37. The maximum atomic E-state index is 3.56. The van der Waals surface area contributed by atoms with Crippen LogP contribution in [-0.4, -0.2) is 37.1 Å². The Morgan fingerprint density at radius 2 is 2.14 bits per heavy atom. The van der Waals surface area contributed by atoms with E-state index in [0.717, 1.165) is 6.04 Å². The molecule has 2 nitrogen and oxygen atoms in total. The zero-order valence-corrected chi connectivity index (χ0v) is 9.89. The molecule has 0 aromatic rings. The summed E-state index contributed by atoms with van der Waals surface area (Å²) >= 11 is 0. The molecule has 0 bridgehead atoms. The molecule has 0 aliphatic carbocycles. The van der Waals surface area contributed by atoms with E-state index in [1.165, 1.54) is 58.3 Å². The fourth-order valence-corrected chi connectivity index (χ4v) is 2.31. The highest BCUT2D eigenvalue weighted by Crippen LogP contribution is 2.11. The lowest BCUT2D eigenvalue weighted by molar-refractivity contribution is 0.277. The van der Waals surface area contributed by atoms with E-state index in [-0.39, 0.29) is 0 Å². The van der Waals surface area contributed by atoms with Crippen LogP contribution in [0.3, 0.4) is 0 Å². The molecule has 1 aliphatic heterocycles. The van der Waals surface area contributed by atoms with Gasteiger partial charge in [-0.05, 0) is 58.3 Å². The lowest BCUT2D eigenvalue weighted by atomic mass is 10.1. The highest BCUT2D eigenvalue weighted by Gasteiger charge is 2.13. The normalized spacial score (nSPS) is 22.1. The van der Waals surface area contributed by atoms with Crippen molar-refractivity contribution >= 4 is 0 Å². The smallest absolute Gasteiger partial charge is 0.00680 e.